The highest BCUT2D eigenvalue weighted by Gasteiger charge is 2.25. The molecule has 0 saturated carbocycles. The summed E-state index contributed by atoms with van der Waals surface area (Å²) in [5.41, 5.74) is 10.2. The molecule has 0 bridgehead atoms. The van der Waals surface area contributed by atoms with Crippen molar-refractivity contribution >= 4 is 5.97 Å². The monoisotopic (exact) mass is 544 g/mol. The molecule has 40 heavy (non-hydrogen) atoms. The minimum Gasteiger partial charge on any atom is -0.489 e. The van der Waals surface area contributed by atoms with Crippen molar-refractivity contribution in [3.05, 3.63) is 137 Å². The van der Waals surface area contributed by atoms with Crippen LogP contribution in [0, 0.1) is 11.6 Å². The smallest absolute Gasteiger partial charge is 0.338 e. The maximum absolute atomic E-state index is 13.8. The molecule has 0 aliphatic heterocycles. The number of hydrogen-bond acceptors (Lipinski definition) is 5. The van der Waals surface area contributed by atoms with Crippen molar-refractivity contribution < 1.29 is 23.0 Å². The average molecular weight is 545 g/mol. The van der Waals surface area contributed by atoms with E-state index in [9.17, 15) is 13.6 Å². The summed E-state index contributed by atoms with van der Waals surface area (Å²) in [6.45, 7) is 3.08. The van der Waals surface area contributed by atoms with E-state index in [1.165, 1.54) is 17.7 Å². The number of nitrogens with two attached hydrogens (primary N) is 1. The molecule has 5 nitrogen and oxygen atoms in total. The Bertz CT molecular complexity index is 1380. The van der Waals surface area contributed by atoms with Crippen LogP contribution in [-0.2, 0) is 30.7 Å². The second kappa shape index (κ2) is 14.4. The van der Waals surface area contributed by atoms with E-state index in [4.69, 9.17) is 15.2 Å². The lowest BCUT2D eigenvalue weighted by Gasteiger charge is -2.25. The Hall–Kier alpha value is -4.07. The van der Waals surface area contributed by atoms with Crippen molar-refractivity contribution in [2.24, 2.45) is 5.73 Å². The van der Waals surface area contributed by atoms with E-state index >= 15 is 0 Å². The van der Waals surface area contributed by atoms with Crippen LogP contribution in [0.1, 0.15) is 39.5 Å². The van der Waals surface area contributed by atoms with Crippen LogP contribution >= 0.6 is 0 Å². The molecule has 4 aromatic carbocycles. The van der Waals surface area contributed by atoms with E-state index < -0.39 is 29.7 Å². The first kappa shape index (κ1) is 28.9. The van der Waals surface area contributed by atoms with Crippen LogP contribution in [0.5, 0.6) is 5.75 Å². The predicted molar refractivity (Wildman–Crippen MR) is 152 cm³/mol. The van der Waals surface area contributed by atoms with E-state index in [0.29, 0.717) is 29.0 Å². The van der Waals surface area contributed by atoms with Gasteiger partial charge in [0, 0.05) is 30.8 Å². The zero-order valence-corrected chi connectivity index (χ0v) is 22.5. The average Bonchev–Trinajstić information content (AvgIpc) is 2.95. The Balaban J connectivity index is 1.48. The molecule has 3 N–H and O–H groups in total. The molecule has 0 amide bonds. The van der Waals surface area contributed by atoms with E-state index in [-0.39, 0.29) is 19.6 Å². The molecule has 208 valence electrons. The van der Waals surface area contributed by atoms with Crippen molar-refractivity contribution in [1.29, 1.82) is 0 Å². The first-order valence-electron chi connectivity index (χ1n) is 13.4. The highest BCUT2D eigenvalue weighted by molar-refractivity contribution is 5.91. The number of rotatable bonds is 13. The molecule has 7 heteroatoms. The van der Waals surface area contributed by atoms with Gasteiger partial charge >= 0.3 is 5.97 Å². The molecule has 4 aromatic rings. The summed E-state index contributed by atoms with van der Waals surface area (Å²) >= 11 is 0. The van der Waals surface area contributed by atoms with E-state index in [1.54, 1.807) is 12.1 Å². The second-order valence-corrected chi connectivity index (χ2v) is 9.65. The maximum Gasteiger partial charge on any atom is 0.338 e. The summed E-state index contributed by atoms with van der Waals surface area (Å²) in [5, 5.41) is 3.33. The SMILES string of the molecule is CCc1cccc(CNC[C@@H](OC(=O)c2ccccc2COc2ccccc2)[C@@H](N)Cc2cc(F)cc(F)c2)c1. The zero-order valence-electron chi connectivity index (χ0n) is 22.5. The van der Waals surface area contributed by atoms with Gasteiger partial charge in [0.25, 0.3) is 0 Å². The van der Waals surface area contributed by atoms with Crippen molar-refractivity contribution in [3.63, 3.8) is 0 Å². The van der Waals surface area contributed by atoms with E-state index in [2.05, 4.69) is 24.4 Å². The Kier molecular flexibility index (Phi) is 10.4. The summed E-state index contributed by atoms with van der Waals surface area (Å²) in [7, 11) is 0. The third-order valence-electron chi connectivity index (χ3n) is 6.58. The highest BCUT2D eigenvalue weighted by Crippen LogP contribution is 2.18. The Labute approximate surface area is 233 Å². The molecular weight excluding hydrogens is 510 g/mol. The van der Waals surface area contributed by atoms with Crippen LogP contribution in [-0.4, -0.2) is 24.7 Å². The van der Waals surface area contributed by atoms with Crippen LogP contribution in [0.25, 0.3) is 0 Å². The number of halogens is 2. The molecule has 2 atom stereocenters. The van der Waals surface area contributed by atoms with Crippen LogP contribution < -0.4 is 15.8 Å². The summed E-state index contributed by atoms with van der Waals surface area (Å²) in [6, 6.07) is 27.2. The number of carbonyl (C=O) groups excluding carboxylic acids is 1. The molecule has 0 fully saturated rings. The third-order valence-corrected chi connectivity index (χ3v) is 6.58. The highest BCUT2D eigenvalue weighted by atomic mass is 19.1. The summed E-state index contributed by atoms with van der Waals surface area (Å²) in [6.07, 6.45) is 0.283. The predicted octanol–water partition coefficient (Wildman–Crippen LogP) is 5.99. The van der Waals surface area contributed by atoms with Gasteiger partial charge in [-0.25, -0.2) is 13.6 Å². The molecule has 0 aliphatic carbocycles. The Morgan fingerprint density at radius 2 is 1.55 bits per heavy atom. The lowest BCUT2D eigenvalue weighted by Crippen LogP contribution is -2.46. The van der Waals surface area contributed by atoms with Gasteiger partial charge in [0.1, 0.15) is 30.1 Å². The number of hydrogen-bond donors (Lipinski definition) is 2. The minimum absolute atomic E-state index is 0.123. The van der Waals surface area contributed by atoms with Crippen LogP contribution in [0.4, 0.5) is 8.78 Å². The quantitative estimate of drug-likeness (QED) is 0.202. The molecule has 0 unspecified atom stereocenters. The molecule has 0 radical (unpaired) electrons. The van der Waals surface area contributed by atoms with E-state index in [0.717, 1.165) is 18.1 Å². The Morgan fingerprint density at radius 1 is 0.850 bits per heavy atom. The summed E-state index contributed by atoms with van der Waals surface area (Å²) in [4.78, 5) is 13.4. The summed E-state index contributed by atoms with van der Waals surface area (Å²) < 4.78 is 39.4. The molecule has 0 aliphatic rings. The van der Waals surface area contributed by atoms with Crippen LogP contribution in [0.2, 0.25) is 0 Å². The first-order chi connectivity index (χ1) is 19.4. The minimum atomic E-state index is -0.767. The van der Waals surface area contributed by atoms with Crippen LogP contribution in [0.15, 0.2) is 97.1 Å². The molecule has 0 heterocycles. The lowest BCUT2D eigenvalue weighted by molar-refractivity contribution is 0.0235. The first-order valence-corrected chi connectivity index (χ1v) is 13.4. The number of nitrogens with one attached hydrogen (secondary N) is 1. The fraction of sp³-hybridized carbons (Fsp3) is 0.242. The van der Waals surface area contributed by atoms with Crippen LogP contribution in [0.3, 0.4) is 0 Å². The molecule has 0 spiro atoms. The van der Waals surface area contributed by atoms with Gasteiger partial charge in [0.2, 0.25) is 0 Å². The number of para-hydroxylation sites is 1. The van der Waals surface area contributed by atoms with Gasteiger partial charge in [-0.2, -0.15) is 0 Å². The number of aryl methyl sites for hydroxylation is 1. The fourth-order valence-electron chi connectivity index (χ4n) is 4.46. The largest absolute Gasteiger partial charge is 0.489 e. The van der Waals surface area contributed by atoms with Gasteiger partial charge in [-0.05, 0) is 59.9 Å². The molecule has 0 aromatic heterocycles. The second-order valence-electron chi connectivity index (χ2n) is 9.65. The van der Waals surface area contributed by atoms with Gasteiger partial charge in [-0.1, -0.05) is 67.6 Å². The lowest BCUT2D eigenvalue weighted by atomic mass is 10.0. The molecule has 0 saturated heterocycles. The van der Waals surface area contributed by atoms with Gasteiger partial charge in [-0.3, -0.25) is 0 Å². The zero-order chi connectivity index (χ0) is 28.3. The normalized spacial score (nSPS) is 12.5. The number of benzene rings is 4. The third kappa shape index (κ3) is 8.46. The van der Waals surface area contributed by atoms with Gasteiger partial charge in [0.05, 0.1) is 5.56 Å². The van der Waals surface area contributed by atoms with Crippen molar-refractivity contribution in [2.75, 3.05) is 6.54 Å². The topological polar surface area (TPSA) is 73.6 Å². The molecular formula is C33H34F2N2O3. The number of ether oxygens (including phenoxy) is 2. The Morgan fingerprint density at radius 3 is 2.30 bits per heavy atom. The van der Waals surface area contributed by atoms with Gasteiger partial charge in [0.15, 0.2) is 0 Å². The van der Waals surface area contributed by atoms with E-state index in [1.807, 2.05) is 54.6 Å². The number of esters is 1. The standard InChI is InChI=1S/C33H34F2N2O3/c1-2-23-9-8-10-24(15-23)20-37-21-32(31(36)18-25-16-27(34)19-28(35)17-25)40-33(38)30-14-7-6-11-26(30)22-39-29-12-4-3-5-13-29/h3-17,19,31-32,37H,2,18,20-22,36H2,1H3/t31-,32+/m0/s1. The van der Waals surface area contributed by atoms with Crippen molar-refractivity contribution in [2.45, 2.75) is 45.1 Å². The van der Waals surface area contributed by atoms with Gasteiger partial charge in [-0.15, -0.1) is 0 Å². The van der Waals surface area contributed by atoms with Gasteiger partial charge < -0.3 is 20.5 Å². The van der Waals surface area contributed by atoms with Crippen molar-refractivity contribution in [3.8, 4) is 5.75 Å². The number of carbonyl (C=O) groups is 1. The fourth-order valence-corrected chi connectivity index (χ4v) is 4.46. The summed E-state index contributed by atoms with van der Waals surface area (Å²) in [5.74, 6) is -1.23. The molecule has 4 rings (SSSR count). The maximum atomic E-state index is 13.8. The van der Waals surface area contributed by atoms with Crippen molar-refractivity contribution in [1.82, 2.24) is 5.32 Å².